The van der Waals surface area contributed by atoms with E-state index in [1.165, 1.54) is 17.4 Å². The molecule has 0 aliphatic heterocycles. The highest BCUT2D eigenvalue weighted by Crippen LogP contribution is 2.43. The predicted octanol–water partition coefficient (Wildman–Crippen LogP) is 2.84. The van der Waals surface area contributed by atoms with Crippen LogP contribution in [-0.2, 0) is 12.0 Å². The van der Waals surface area contributed by atoms with E-state index in [2.05, 4.69) is 30.8 Å². The Morgan fingerprint density at radius 1 is 1.24 bits per heavy atom. The first kappa shape index (κ1) is 19.2. The average molecular weight is 413 g/mol. The van der Waals surface area contributed by atoms with Crippen molar-refractivity contribution in [3.05, 3.63) is 53.0 Å². The van der Waals surface area contributed by atoms with Gasteiger partial charge in [0.1, 0.15) is 22.3 Å². The molecule has 29 heavy (non-hydrogen) atoms. The zero-order chi connectivity index (χ0) is 20.3. The third-order valence-corrected chi connectivity index (χ3v) is 6.07. The lowest BCUT2D eigenvalue weighted by Crippen LogP contribution is -2.42. The second-order valence-electron chi connectivity index (χ2n) is 6.97. The first-order chi connectivity index (χ1) is 14.1. The number of pyridine rings is 1. The summed E-state index contributed by atoms with van der Waals surface area (Å²) in [5, 5.41) is 14.9. The van der Waals surface area contributed by atoms with Crippen LogP contribution in [0.2, 0.25) is 0 Å². The summed E-state index contributed by atoms with van der Waals surface area (Å²) in [7, 11) is 0. The molecule has 3 heterocycles. The Bertz CT molecular complexity index is 1000. The second-order valence-corrected chi connectivity index (χ2v) is 8.09. The maximum absolute atomic E-state index is 14.2. The van der Waals surface area contributed by atoms with E-state index in [1.54, 1.807) is 18.5 Å². The molecule has 0 unspecified atom stereocenters. The number of aromatic nitrogens is 4. The highest BCUT2D eigenvalue weighted by atomic mass is 32.1. The highest BCUT2D eigenvalue weighted by molar-refractivity contribution is 7.15. The first-order valence-corrected chi connectivity index (χ1v) is 10.0. The summed E-state index contributed by atoms with van der Waals surface area (Å²) in [5.74, 6) is 0.351. The molecule has 150 valence electrons. The van der Waals surface area contributed by atoms with Crippen LogP contribution in [0.5, 0.6) is 0 Å². The number of nitrogens with zero attached hydrogens (tertiary/aromatic N) is 4. The molecule has 10 heteroatoms. The van der Waals surface area contributed by atoms with Crippen molar-refractivity contribution in [1.29, 1.82) is 0 Å². The number of thiazole rings is 1. The van der Waals surface area contributed by atoms with Crippen molar-refractivity contribution >= 4 is 23.2 Å². The molecule has 1 aliphatic rings. The van der Waals surface area contributed by atoms with Crippen molar-refractivity contribution in [3.8, 4) is 10.7 Å². The van der Waals surface area contributed by atoms with Crippen LogP contribution in [0.25, 0.3) is 10.7 Å². The van der Waals surface area contributed by atoms with Gasteiger partial charge in [-0.3, -0.25) is 4.98 Å². The lowest BCUT2D eigenvalue weighted by atomic mass is 9.66. The van der Waals surface area contributed by atoms with Crippen LogP contribution in [0.1, 0.15) is 29.8 Å². The zero-order valence-corrected chi connectivity index (χ0v) is 16.4. The molecule has 4 N–H and O–H groups in total. The van der Waals surface area contributed by atoms with Gasteiger partial charge in [-0.15, -0.1) is 21.5 Å². The summed E-state index contributed by atoms with van der Waals surface area (Å²) < 4.78 is 14.2. The molecular formula is C19H20FN7OS. The SMILES string of the molecule is NC(=O)NCc1cnc(-c2ccc(NCC3(c4ncccc4F)CCC3)nn2)s1. The third-order valence-electron chi connectivity index (χ3n) is 5.05. The Morgan fingerprint density at radius 2 is 2.10 bits per heavy atom. The maximum atomic E-state index is 14.2. The minimum Gasteiger partial charge on any atom is -0.368 e. The smallest absolute Gasteiger partial charge is 0.312 e. The number of primary amides is 1. The third kappa shape index (κ3) is 4.16. The number of rotatable bonds is 7. The molecule has 3 aromatic heterocycles. The fraction of sp³-hybridized carbons (Fsp3) is 0.316. The highest BCUT2D eigenvalue weighted by Gasteiger charge is 2.41. The molecule has 0 bridgehead atoms. The van der Waals surface area contributed by atoms with E-state index >= 15 is 0 Å². The van der Waals surface area contributed by atoms with E-state index in [-0.39, 0.29) is 11.2 Å². The van der Waals surface area contributed by atoms with Gasteiger partial charge >= 0.3 is 6.03 Å². The number of nitrogens with one attached hydrogen (secondary N) is 2. The standard InChI is InChI=1S/C19H20FN7OS/c20-13-3-1-8-22-16(13)19(6-2-7-19)11-25-15-5-4-14(26-27-15)17-23-9-12(29-17)10-24-18(21)28/h1,3-5,8-9H,2,6-7,10-11H2,(H,25,27)(H3,21,24,28). The Labute approximate surface area is 170 Å². The number of hydrogen-bond donors (Lipinski definition) is 3. The Kier molecular flexibility index (Phi) is 5.34. The topological polar surface area (TPSA) is 119 Å². The van der Waals surface area contributed by atoms with Crippen LogP contribution in [0.15, 0.2) is 36.7 Å². The van der Waals surface area contributed by atoms with Gasteiger partial charge in [-0.25, -0.2) is 14.2 Å². The van der Waals surface area contributed by atoms with Gasteiger partial charge < -0.3 is 16.4 Å². The van der Waals surface area contributed by atoms with Gasteiger partial charge in [0.15, 0.2) is 0 Å². The van der Waals surface area contributed by atoms with E-state index in [0.29, 0.717) is 35.3 Å². The van der Waals surface area contributed by atoms with Gasteiger partial charge in [0.2, 0.25) is 0 Å². The van der Waals surface area contributed by atoms with Crippen molar-refractivity contribution in [3.63, 3.8) is 0 Å². The summed E-state index contributed by atoms with van der Waals surface area (Å²) in [4.78, 5) is 20.2. The second kappa shape index (κ2) is 8.08. The molecule has 1 aliphatic carbocycles. The van der Waals surface area contributed by atoms with Crippen molar-refractivity contribution in [1.82, 2.24) is 25.5 Å². The fourth-order valence-corrected chi connectivity index (χ4v) is 4.18. The lowest BCUT2D eigenvalue weighted by molar-refractivity contribution is 0.243. The molecule has 0 saturated heterocycles. The first-order valence-electron chi connectivity index (χ1n) is 9.23. The maximum Gasteiger partial charge on any atom is 0.312 e. The molecule has 1 fully saturated rings. The largest absolute Gasteiger partial charge is 0.368 e. The van der Waals surface area contributed by atoms with Crippen LogP contribution in [0.3, 0.4) is 0 Å². The zero-order valence-electron chi connectivity index (χ0n) is 15.6. The van der Waals surface area contributed by atoms with Crippen molar-refractivity contribution in [2.75, 3.05) is 11.9 Å². The summed E-state index contributed by atoms with van der Waals surface area (Å²) in [5.41, 5.74) is 5.93. The molecule has 4 rings (SSSR count). The van der Waals surface area contributed by atoms with E-state index in [1.807, 2.05) is 12.1 Å². The molecule has 0 aromatic carbocycles. The molecule has 3 aromatic rings. The van der Waals surface area contributed by atoms with E-state index in [9.17, 15) is 9.18 Å². The van der Waals surface area contributed by atoms with E-state index in [4.69, 9.17) is 5.73 Å². The number of nitrogens with two attached hydrogens (primary N) is 1. The molecule has 1 saturated carbocycles. The Hall–Kier alpha value is -3.14. The summed E-state index contributed by atoms with van der Waals surface area (Å²) >= 11 is 1.41. The van der Waals surface area contributed by atoms with Crippen molar-refractivity contribution in [2.45, 2.75) is 31.2 Å². The number of halogens is 1. The average Bonchev–Trinajstić information content (AvgIpc) is 3.16. The van der Waals surface area contributed by atoms with Crippen LogP contribution < -0.4 is 16.4 Å². The van der Waals surface area contributed by atoms with E-state index < -0.39 is 6.03 Å². The Balaban J connectivity index is 1.41. The van der Waals surface area contributed by atoms with Crippen LogP contribution >= 0.6 is 11.3 Å². The summed E-state index contributed by atoms with van der Waals surface area (Å²) in [6.07, 6.45) is 6.14. The summed E-state index contributed by atoms with van der Waals surface area (Å²) in [6, 6.07) is 6.14. The van der Waals surface area contributed by atoms with E-state index in [0.717, 1.165) is 24.1 Å². The number of amides is 2. The minimum atomic E-state index is -0.579. The van der Waals surface area contributed by atoms with Crippen LogP contribution in [-0.4, -0.2) is 32.7 Å². The molecule has 8 nitrogen and oxygen atoms in total. The van der Waals surface area contributed by atoms with Crippen molar-refractivity contribution in [2.24, 2.45) is 5.73 Å². The Morgan fingerprint density at radius 3 is 2.76 bits per heavy atom. The summed E-state index contributed by atoms with van der Waals surface area (Å²) in [6.45, 7) is 0.876. The van der Waals surface area contributed by atoms with Crippen molar-refractivity contribution < 1.29 is 9.18 Å². The number of anilines is 1. The van der Waals surface area contributed by atoms with Crippen LogP contribution in [0, 0.1) is 5.82 Å². The minimum absolute atomic E-state index is 0.263. The van der Waals surface area contributed by atoms with Gasteiger partial charge in [-0.1, -0.05) is 6.42 Å². The quantitative estimate of drug-likeness (QED) is 0.548. The molecule has 0 radical (unpaired) electrons. The fourth-order valence-electron chi connectivity index (χ4n) is 3.36. The molecule has 2 amide bonds. The molecule has 0 spiro atoms. The van der Waals surface area contributed by atoms with Gasteiger partial charge in [-0.2, -0.15) is 0 Å². The monoisotopic (exact) mass is 413 g/mol. The number of carbonyl (C=O) groups is 1. The lowest BCUT2D eigenvalue weighted by Gasteiger charge is -2.41. The predicted molar refractivity (Wildman–Crippen MR) is 108 cm³/mol. The van der Waals surface area contributed by atoms with Gasteiger partial charge in [0.25, 0.3) is 0 Å². The molecule has 0 atom stereocenters. The normalized spacial score (nSPS) is 14.8. The number of hydrogen-bond acceptors (Lipinski definition) is 7. The van der Waals surface area contributed by atoms with Gasteiger partial charge in [0.05, 0.1) is 12.2 Å². The number of carbonyl (C=O) groups excluding carboxylic acids is 1. The molecular weight excluding hydrogens is 393 g/mol. The van der Waals surface area contributed by atoms with Gasteiger partial charge in [-0.05, 0) is 37.1 Å². The van der Waals surface area contributed by atoms with Gasteiger partial charge in [0, 0.05) is 29.2 Å². The van der Waals surface area contributed by atoms with Crippen LogP contribution in [0.4, 0.5) is 15.0 Å². The number of urea groups is 1.